The molecule has 0 fully saturated rings. The molecule has 120 valence electrons. The summed E-state index contributed by atoms with van der Waals surface area (Å²) in [6.45, 7) is 0. The van der Waals surface area contributed by atoms with E-state index in [4.69, 9.17) is 11.6 Å². The molecule has 0 saturated heterocycles. The standard InChI is InChI=1S/C17H17ClN2O3/c1-20-16(22)11-7-3-2-6-10(11)14(17(20)23)15(21)19-13-9-5-4-8-12(13)18/h4-5,8-9,14H,2-3,6-7H2,1H3,(H,19,21). The molecule has 1 aliphatic carbocycles. The predicted octanol–water partition coefficient (Wildman–Crippen LogP) is 2.76. The zero-order valence-corrected chi connectivity index (χ0v) is 13.5. The summed E-state index contributed by atoms with van der Waals surface area (Å²) in [6, 6.07) is 6.86. The van der Waals surface area contributed by atoms with E-state index in [1.54, 1.807) is 24.3 Å². The molecule has 3 rings (SSSR count). The third kappa shape index (κ3) is 2.77. The lowest BCUT2D eigenvalue weighted by molar-refractivity contribution is -0.146. The predicted molar refractivity (Wildman–Crippen MR) is 86.8 cm³/mol. The van der Waals surface area contributed by atoms with Gasteiger partial charge in [0.25, 0.3) is 5.91 Å². The van der Waals surface area contributed by atoms with Crippen LogP contribution in [0.5, 0.6) is 0 Å². The fourth-order valence-electron chi connectivity index (χ4n) is 3.17. The number of nitrogens with zero attached hydrogens (tertiary/aromatic N) is 1. The lowest BCUT2D eigenvalue weighted by Crippen LogP contribution is -2.48. The van der Waals surface area contributed by atoms with Gasteiger partial charge in [-0.3, -0.25) is 19.3 Å². The first-order valence-electron chi connectivity index (χ1n) is 7.60. The Morgan fingerprint density at radius 1 is 1.22 bits per heavy atom. The zero-order chi connectivity index (χ0) is 16.6. The highest BCUT2D eigenvalue weighted by atomic mass is 35.5. The van der Waals surface area contributed by atoms with E-state index in [1.165, 1.54) is 7.05 Å². The molecule has 3 amide bonds. The second-order valence-corrected chi connectivity index (χ2v) is 6.22. The number of para-hydroxylation sites is 1. The molecule has 0 radical (unpaired) electrons. The van der Waals surface area contributed by atoms with Gasteiger partial charge in [-0.2, -0.15) is 0 Å². The van der Waals surface area contributed by atoms with E-state index in [0.717, 1.165) is 17.7 Å². The Hall–Kier alpha value is -2.14. The lowest BCUT2D eigenvalue weighted by Gasteiger charge is -2.34. The van der Waals surface area contributed by atoms with Gasteiger partial charge in [-0.05, 0) is 43.4 Å². The molecule has 5 nitrogen and oxygen atoms in total. The third-order valence-corrected chi connectivity index (χ3v) is 4.72. The number of anilines is 1. The summed E-state index contributed by atoms with van der Waals surface area (Å²) in [5.74, 6) is -2.12. The molecule has 2 aliphatic rings. The fourth-order valence-corrected chi connectivity index (χ4v) is 3.36. The molecule has 1 aliphatic heterocycles. The molecule has 1 N–H and O–H groups in total. The van der Waals surface area contributed by atoms with Crippen LogP contribution < -0.4 is 5.32 Å². The number of halogens is 1. The second kappa shape index (κ2) is 6.16. The number of carbonyl (C=O) groups excluding carboxylic acids is 3. The first-order valence-corrected chi connectivity index (χ1v) is 7.97. The van der Waals surface area contributed by atoms with Gasteiger partial charge < -0.3 is 5.32 Å². The van der Waals surface area contributed by atoms with Crippen molar-refractivity contribution >= 4 is 35.0 Å². The van der Waals surface area contributed by atoms with Gasteiger partial charge >= 0.3 is 0 Å². The smallest absolute Gasteiger partial charge is 0.256 e. The van der Waals surface area contributed by atoms with Gasteiger partial charge in [-0.25, -0.2) is 0 Å². The van der Waals surface area contributed by atoms with Gasteiger partial charge in [-0.1, -0.05) is 23.7 Å². The average molecular weight is 333 g/mol. The van der Waals surface area contributed by atoms with Gasteiger partial charge in [0, 0.05) is 12.6 Å². The van der Waals surface area contributed by atoms with Crippen LogP contribution in [0.2, 0.25) is 5.02 Å². The van der Waals surface area contributed by atoms with Crippen molar-refractivity contribution in [1.82, 2.24) is 4.90 Å². The summed E-state index contributed by atoms with van der Waals surface area (Å²) < 4.78 is 0. The molecular weight excluding hydrogens is 316 g/mol. The average Bonchev–Trinajstić information content (AvgIpc) is 2.55. The van der Waals surface area contributed by atoms with Crippen LogP contribution in [-0.4, -0.2) is 29.7 Å². The minimum absolute atomic E-state index is 0.272. The molecule has 23 heavy (non-hydrogen) atoms. The maximum Gasteiger partial charge on any atom is 0.256 e. The van der Waals surface area contributed by atoms with Crippen LogP contribution in [0, 0.1) is 5.92 Å². The number of imide groups is 1. The van der Waals surface area contributed by atoms with Crippen molar-refractivity contribution in [3.05, 3.63) is 40.4 Å². The highest BCUT2D eigenvalue weighted by Gasteiger charge is 2.43. The SMILES string of the molecule is CN1C(=O)C2=C(CCCC2)C(C(=O)Nc2ccccc2Cl)C1=O. The normalized spacial score (nSPS) is 21.3. The van der Waals surface area contributed by atoms with E-state index >= 15 is 0 Å². The number of amides is 3. The molecule has 1 aromatic carbocycles. The summed E-state index contributed by atoms with van der Waals surface area (Å²) >= 11 is 6.06. The zero-order valence-electron chi connectivity index (χ0n) is 12.8. The van der Waals surface area contributed by atoms with Gasteiger partial charge in [0.1, 0.15) is 5.92 Å². The molecule has 0 bridgehead atoms. The van der Waals surface area contributed by atoms with Crippen LogP contribution in [-0.2, 0) is 14.4 Å². The van der Waals surface area contributed by atoms with Crippen LogP contribution in [0.3, 0.4) is 0 Å². The second-order valence-electron chi connectivity index (χ2n) is 5.82. The molecule has 1 heterocycles. The van der Waals surface area contributed by atoms with Gasteiger partial charge in [0.2, 0.25) is 11.8 Å². The summed E-state index contributed by atoms with van der Waals surface area (Å²) in [4.78, 5) is 38.5. The molecule has 0 saturated carbocycles. The summed E-state index contributed by atoms with van der Waals surface area (Å²) in [5, 5.41) is 3.12. The number of hydrogen-bond acceptors (Lipinski definition) is 3. The minimum Gasteiger partial charge on any atom is -0.324 e. The number of carbonyl (C=O) groups is 3. The molecule has 1 unspecified atom stereocenters. The Morgan fingerprint density at radius 3 is 2.65 bits per heavy atom. The van der Waals surface area contributed by atoms with Crippen LogP contribution in [0.4, 0.5) is 5.69 Å². The summed E-state index contributed by atoms with van der Waals surface area (Å²) in [7, 11) is 1.43. The summed E-state index contributed by atoms with van der Waals surface area (Å²) in [6.07, 6.45) is 3.04. The van der Waals surface area contributed by atoms with E-state index in [9.17, 15) is 14.4 Å². The molecule has 6 heteroatoms. The van der Waals surface area contributed by atoms with Gasteiger partial charge in [0.15, 0.2) is 0 Å². The topological polar surface area (TPSA) is 66.5 Å². The number of rotatable bonds is 2. The molecule has 0 aromatic heterocycles. The van der Waals surface area contributed by atoms with E-state index in [0.29, 0.717) is 34.7 Å². The van der Waals surface area contributed by atoms with Crippen molar-refractivity contribution in [2.75, 3.05) is 12.4 Å². The Bertz CT molecular complexity index is 726. The van der Waals surface area contributed by atoms with Crippen molar-refractivity contribution in [1.29, 1.82) is 0 Å². The number of hydrogen-bond donors (Lipinski definition) is 1. The molecule has 1 aromatic rings. The Labute approximate surface area is 139 Å². The molecular formula is C17H17ClN2O3. The minimum atomic E-state index is -0.940. The molecule has 1 atom stereocenters. The number of nitrogens with one attached hydrogen (secondary N) is 1. The van der Waals surface area contributed by atoms with E-state index in [-0.39, 0.29) is 5.91 Å². The maximum atomic E-state index is 12.7. The quantitative estimate of drug-likeness (QED) is 0.669. The largest absolute Gasteiger partial charge is 0.324 e. The van der Waals surface area contributed by atoms with E-state index in [2.05, 4.69) is 5.32 Å². The van der Waals surface area contributed by atoms with Crippen molar-refractivity contribution in [3.8, 4) is 0 Å². The fraction of sp³-hybridized carbons (Fsp3) is 0.353. The van der Waals surface area contributed by atoms with Gasteiger partial charge in [0.05, 0.1) is 10.7 Å². The van der Waals surface area contributed by atoms with Crippen LogP contribution in [0.25, 0.3) is 0 Å². The lowest BCUT2D eigenvalue weighted by atomic mass is 9.79. The highest BCUT2D eigenvalue weighted by Crippen LogP contribution is 2.36. The van der Waals surface area contributed by atoms with Crippen molar-refractivity contribution in [2.24, 2.45) is 5.92 Å². The Morgan fingerprint density at radius 2 is 1.91 bits per heavy atom. The van der Waals surface area contributed by atoms with Crippen molar-refractivity contribution in [3.63, 3.8) is 0 Å². The molecule has 0 spiro atoms. The number of likely N-dealkylation sites (N-methyl/N-ethyl adjacent to an activating group) is 1. The van der Waals surface area contributed by atoms with Gasteiger partial charge in [-0.15, -0.1) is 0 Å². The monoisotopic (exact) mass is 332 g/mol. The van der Waals surface area contributed by atoms with Crippen LogP contribution in [0.15, 0.2) is 35.4 Å². The van der Waals surface area contributed by atoms with Crippen LogP contribution in [0.1, 0.15) is 25.7 Å². The maximum absolute atomic E-state index is 12.7. The Balaban J connectivity index is 1.95. The highest BCUT2D eigenvalue weighted by molar-refractivity contribution is 6.34. The summed E-state index contributed by atoms with van der Waals surface area (Å²) in [5.41, 5.74) is 1.76. The number of benzene rings is 1. The van der Waals surface area contributed by atoms with Crippen molar-refractivity contribution < 1.29 is 14.4 Å². The van der Waals surface area contributed by atoms with Crippen LogP contribution >= 0.6 is 11.6 Å². The Kier molecular flexibility index (Phi) is 4.22. The first-order chi connectivity index (χ1) is 11.0. The van der Waals surface area contributed by atoms with E-state index < -0.39 is 17.7 Å². The van der Waals surface area contributed by atoms with E-state index in [1.807, 2.05) is 0 Å². The van der Waals surface area contributed by atoms with Crippen molar-refractivity contribution in [2.45, 2.75) is 25.7 Å². The first kappa shape index (κ1) is 15.7. The third-order valence-electron chi connectivity index (χ3n) is 4.39.